The summed E-state index contributed by atoms with van der Waals surface area (Å²) in [7, 11) is 0. The lowest BCUT2D eigenvalue weighted by Crippen LogP contribution is -2.53. The third kappa shape index (κ3) is 3.79. The lowest BCUT2D eigenvalue weighted by atomic mass is 9.97. The molecule has 166 valence electrons. The molecule has 5 rings (SSSR count). The molecular weight excluding hydrogens is 413 g/mol. The number of amides is 2. The number of aromatic amines is 1. The van der Waals surface area contributed by atoms with E-state index in [1.54, 1.807) is 11.1 Å². The van der Waals surface area contributed by atoms with Gasteiger partial charge in [0, 0.05) is 44.6 Å². The molecule has 12 heteroatoms. The van der Waals surface area contributed by atoms with Gasteiger partial charge >= 0.3 is 12.2 Å². The van der Waals surface area contributed by atoms with Crippen molar-refractivity contribution >= 4 is 11.8 Å². The minimum absolute atomic E-state index is 0.00592. The van der Waals surface area contributed by atoms with Crippen LogP contribution in [0.25, 0.3) is 0 Å². The number of hydrogen-bond donors (Lipinski definition) is 2. The number of aromatic nitrogens is 5. The lowest BCUT2D eigenvalue weighted by molar-refractivity contribution is -0.182. The molecule has 4 heterocycles. The Hall–Kier alpha value is -2.92. The van der Waals surface area contributed by atoms with Crippen LogP contribution in [-0.2, 0) is 0 Å². The van der Waals surface area contributed by atoms with Gasteiger partial charge in [0.2, 0.25) is 0 Å². The van der Waals surface area contributed by atoms with Crippen molar-refractivity contribution in [3.05, 3.63) is 30.2 Å². The molecule has 1 atom stereocenters. The van der Waals surface area contributed by atoms with Crippen molar-refractivity contribution in [1.82, 2.24) is 34.9 Å². The number of carbonyl (C=O) groups excluding carboxylic acids is 1. The summed E-state index contributed by atoms with van der Waals surface area (Å²) in [6.07, 6.45) is 1.48. The van der Waals surface area contributed by atoms with Gasteiger partial charge in [-0.1, -0.05) is 0 Å². The number of urea groups is 1. The fraction of sp³-hybridized carbons (Fsp3) is 0.632. The number of nitrogens with one attached hydrogen (secondary N) is 2. The zero-order valence-corrected chi connectivity index (χ0v) is 16.8. The zero-order valence-electron chi connectivity index (χ0n) is 16.8. The summed E-state index contributed by atoms with van der Waals surface area (Å²) < 4.78 is 39.0. The third-order valence-corrected chi connectivity index (χ3v) is 6.58. The first-order valence-electron chi connectivity index (χ1n) is 10.4. The predicted octanol–water partition coefficient (Wildman–Crippen LogP) is 2.36. The number of rotatable bonds is 5. The second kappa shape index (κ2) is 7.34. The summed E-state index contributed by atoms with van der Waals surface area (Å²) in [6.45, 7) is 2.24. The lowest BCUT2D eigenvalue weighted by Gasteiger charge is -2.40. The Morgan fingerprint density at radius 2 is 1.90 bits per heavy atom. The fourth-order valence-electron chi connectivity index (χ4n) is 4.20. The van der Waals surface area contributed by atoms with E-state index in [1.165, 1.54) is 12.5 Å². The van der Waals surface area contributed by atoms with Gasteiger partial charge in [-0.2, -0.15) is 18.3 Å². The molecule has 0 aromatic carbocycles. The Kier molecular flexibility index (Phi) is 4.74. The number of anilines is 1. The minimum Gasteiger partial charge on any atom is -0.368 e. The van der Waals surface area contributed by atoms with Crippen LogP contribution in [0.15, 0.2) is 18.7 Å². The van der Waals surface area contributed by atoms with Crippen molar-refractivity contribution in [3.63, 3.8) is 0 Å². The highest BCUT2D eigenvalue weighted by Gasteiger charge is 2.62. The van der Waals surface area contributed by atoms with Crippen LogP contribution in [-0.4, -0.2) is 79.9 Å². The Morgan fingerprint density at radius 3 is 2.52 bits per heavy atom. The molecule has 2 N–H and O–H groups in total. The summed E-state index contributed by atoms with van der Waals surface area (Å²) in [5.41, 5.74) is -0.878. The SMILES string of the molecule is O=C(N1CC(c2cnc(NCC3(C(F)(F)F)CC3)cn2)C1)N1CC[C@H](c2ncn[nH]2)C1. The van der Waals surface area contributed by atoms with E-state index >= 15 is 0 Å². The molecule has 2 saturated heterocycles. The van der Waals surface area contributed by atoms with Gasteiger partial charge in [-0.25, -0.2) is 14.8 Å². The van der Waals surface area contributed by atoms with Gasteiger partial charge in [0.15, 0.2) is 0 Å². The largest absolute Gasteiger partial charge is 0.396 e. The monoisotopic (exact) mass is 436 g/mol. The zero-order chi connectivity index (χ0) is 21.6. The Labute approximate surface area is 176 Å². The van der Waals surface area contributed by atoms with Crippen LogP contribution in [0.5, 0.6) is 0 Å². The molecule has 2 amide bonds. The molecule has 1 saturated carbocycles. The number of likely N-dealkylation sites (tertiary alicyclic amines) is 2. The van der Waals surface area contributed by atoms with E-state index in [9.17, 15) is 18.0 Å². The van der Waals surface area contributed by atoms with Gasteiger partial charge in [0.1, 0.15) is 18.0 Å². The maximum Gasteiger partial charge on any atom is 0.396 e. The van der Waals surface area contributed by atoms with Crippen LogP contribution < -0.4 is 5.32 Å². The average Bonchev–Trinajstić information content (AvgIpc) is 3.12. The van der Waals surface area contributed by atoms with Crippen LogP contribution in [0.1, 0.15) is 42.6 Å². The van der Waals surface area contributed by atoms with E-state index in [0.29, 0.717) is 32.0 Å². The smallest absolute Gasteiger partial charge is 0.368 e. The highest BCUT2D eigenvalue weighted by molar-refractivity contribution is 5.76. The van der Waals surface area contributed by atoms with Crippen molar-refractivity contribution in [3.8, 4) is 0 Å². The highest BCUT2D eigenvalue weighted by atomic mass is 19.4. The molecule has 2 aromatic heterocycles. The second-order valence-electron chi connectivity index (χ2n) is 8.64. The first-order valence-corrected chi connectivity index (χ1v) is 10.4. The van der Waals surface area contributed by atoms with Crippen LogP contribution in [0.2, 0.25) is 0 Å². The fourth-order valence-corrected chi connectivity index (χ4v) is 4.20. The standard InChI is InChI=1S/C19H23F3N8O/c20-19(21,22)18(2-3-18)10-25-15-6-23-14(5-24-15)13-8-30(9-13)17(31)29-4-1-12(7-29)16-26-11-27-28-16/h5-6,11-13H,1-4,7-10H2,(H,24,25)(H,26,27,28)/t12-/m0/s1. The molecule has 0 bridgehead atoms. The summed E-state index contributed by atoms with van der Waals surface area (Å²) in [5.74, 6) is 1.41. The van der Waals surface area contributed by atoms with E-state index in [-0.39, 0.29) is 37.3 Å². The third-order valence-electron chi connectivity index (χ3n) is 6.58. The normalized spacial score (nSPS) is 23.0. The van der Waals surface area contributed by atoms with E-state index < -0.39 is 11.6 Å². The number of carbonyl (C=O) groups is 1. The molecule has 0 unspecified atom stereocenters. The van der Waals surface area contributed by atoms with Gasteiger partial charge < -0.3 is 15.1 Å². The summed E-state index contributed by atoms with van der Waals surface area (Å²) >= 11 is 0. The van der Waals surface area contributed by atoms with E-state index in [4.69, 9.17) is 0 Å². The summed E-state index contributed by atoms with van der Waals surface area (Å²) in [4.78, 5) is 29.0. The van der Waals surface area contributed by atoms with Gasteiger partial charge in [-0.15, -0.1) is 0 Å². The van der Waals surface area contributed by atoms with E-state index in [1.807, 2.05) is 4.90 Å². The van der Waals surface area contributed by atoms with Crippen LogP contribution >= 0.6 is 0 Å². The van der Waals surface area contributed by atoms with Crippen molar-refractivity contribution in [2.24, 2.45) is 5.41 Å². The summed E-state index contributed by atoms with van der Waals surface area (Å²) in [6, 6.07) is 0.00592. The first-order chi connectivity index (χ1) is 14.8. The van der Waals surface area contributed by atoms with Gasteiger partial charge in [0.05, 0.1) is 23.5 Å². The Balaban J connectivity index is 1.10. The van der Waals surface area contributed by atoms with E-state index in [2.05, 4.69) is 30.5 Å². The van der Waals surface area contributed by atoms with Gasteiger partial charge in [-0.05, 0) is 19.3 Å². The molecule has 2 aromatic rings. The predicted molar refractivity (Wildman–Crippen MR) is 103 cm³/mol. The topological polar surface area (TPSA) is 103 Å². The molecule has 9 nitrogen and oxygen atoms in total. The highest BCUT2D eigenvalue weighted by Crippen LogP contribution is 2.57. The van der Waals surface area contributed by atoms with Crippen molar-refractivity contribution in [2.75, 3.05) is 38.0 Å². The molecule has 31 heavy (non-hydrogen) atoms. The average molecular weight is 436 g/mol. The van der Waals surface area contributed by atoms with Crippen LogP contribution in [0, 0.1) is 5.41 Å². The molecule has 1 aliphatic carbocycles. The molecule has 3 fully saturated rings. The number of halogens is 3. The molecular formula is C19H23F3N8O. The number of H-pyrrole nitrogens is 1. The van der Waals surface area contributed by atoms with Crippen molar-refractivity contribution in [1.29, 1.82) is 0 Å². The second-order valence-corrected chi connectivity index (χ2v) is 8.64. The van der Waals surface area contributed by atoms with Crippen LogP contribution in [0.3, 0.4) is 0 Å². The van der Waals surface area contributed by atoms with Crippen molar-refractivity contribution < 1.29 is 18.0 Å². The first kappa shape index (κ1) is 20.0. The molecule has 2 aliphatic heterocycles. The Morgan fingerprint density at radius 1 is 1.13 bits per heavy atom. The Bertz CT molecular complexity index is 923. The maximum atomic E-state index is 13.0. The maximum absolute atomic E-state index is 13.0. The quantitative estimate of drug-likeness (QED) is 0.746. The minimum atomic E-state index is -4.19. The van der Waals surface area contributed by atoms with Crippen LogP contribution in [0.4, 0.5) is 23.8 Å². The van der Waals surface area contributed by atoms with Crippen molar-refractivity contribution in [2.45, 2.75) is 37.3 Å². The number of hydrogen-bond acceptors (Lipinski definition) is 6. The number of nitrogens with zero attached hydrogens (tertiary/aromatic N) is 6. The number of alkyl halides is 3. The molecule has 0 spiro atoms. The summed E-state index contributed by atoms with van der Waals surface area (Å²) in [5, 5.41) is 9.50. The van der Waals surface area contributed by atoms with E-state index in [0.717, 1.165) is 17.9 Å². The van der Waals surface area contributed by atoms with Gasteiger partial charge in [0.25, 0.3) is 0 Å². The van der Waals surface area contributed by atoms with Gasteiger partial charge in [-0.3, -0.25) is 10.1 Å². The molecule has 0 radical (unpaired) electrons. The molecule has 3 aliphatic rings.